The van der Waals surface area contributed by atoms with Crippen LogP contribution in [0.5, 0.6) is 0 Å². The van der Waals surface area contributed by atoms with Crippen LogP contribution in [0.25, 0.3) is 0 Å². The lowest BCUT2D eigenvalue weighted by molar-refractivity contribution is -0.139. The van der Waals surface area contributed by atoms with Gasteiger partial charge in [0.25, 0.3) is 10.0 Å². The summed E-state index contributed by atoms with van der Waals surface area (Å²) in [5.41, 5.74) is 2.57. The summed E-state index contributed by atoms with van der Waals surface area (Å²) in [4.78, 5) is 28.4. The van der Waals surface area contributed by atoms with Crippen molar-refractivity contribution in [2.24, 2.45) is 0 Å². The first-order valence-electron chi connectivity index (χ1n) is 12.5. The number of halogens is 2. The fourth-order valence-corrected chi connectivity index (χ4v) is 5.86. The molecule has 10 heteroatoms. The second kappa shape index (κ2) is 12.9. The van der Waals surface area contributed by atoms with Crippen LogP contribution in [0.3, 0.4) is 0 Å². The Kier molecular flexibility index (Phi) is 10.0. The summed E-state index contributed by atoms with van der Waals surface area (Å²) >= 11 is 12.3. The van der Waals surface area contributed by atoms with E-state index >= 15 is 0 Å². The van der Waals surface area contributed by atoms with Gasteiger partial charge in [0.2, 0.25) is 11.8 Å². The quantitative estimate of drug-likeness (QED) is 0.326. The number of nitrogens with one attached hydrogen (secondary N) is 1. The van der Waals surface area contributed by atoms with Crippen molar-refractivity contribution in [1.82, 2.24) is 10.2 Å². The fraction of sp³-hybridized carbons (Fsp3) is 0.310. The summed E-state index contributed by atoms with van der Waals surface area (Å²) < 4.78 is 28.9. The SMILES string of the molecule is Cc1ccc(C)c(N(CC(=O)N(Cc2ccc(Cl)c(Cl)c2)[C@H](C)C(=O)NC(C)C)S(=O)(=O)c2ccccc2)c1. The van der Waals surface area contributed by atoms with Crippen molar-refractivity contribution >= 4 is 50.7 Å². The minimum Gasteiger partial charge on any atom is -0.352 e. The largest absolute Gasteiger partial charge is 0.352 e. The van der Waals surface area contributed by atoms with Gasteiger partial charge in [0, 0.05) is 12.6 Å². The molecule has 0 radical (unpaired) electrons. The highest BCUT2D eigenvalue weighted by Crippen LogP contribution is 2.29. The molecule has 39 heavy (non-hydrogen) atoms. The van der Waals surface area contributed by atoms with Crippen LogP contribution in [0.15, 0.2) is 71.6 Å². The lowest BCUT2D eigenvalue weighted by Gasteiger charge is -2.33. The summed E-state index contributed by atoms with van der Waals surface area (Å²) in [6, 6.07) is 17.3. The molecular weight excluding hydrogens is 557 g/mol. The molecule has 3 rings (SSSR count). The van der Waals surface area contributed by atoms with Crippen LogP contribution in [0, 0.1) is 13.8 Å². The van der Waals surface area contributed by atoms with E-state index in [9.17, 15) is 18.0 Å². The summed E-state index contributed by atoms with van der Waals surface area (Å²) in [6.07, 6.45) is 0. The molecule has 3 aromatic carbocycles. The van der Waals surface area contributed by atoms with E-state index in [0.717, 1.165) is 9.87 Å². The van der Waals surface area contributed by atoms with Crippen molar-refractivity contribution in [2.75, 3.05) is 10.8 Å². The molecule has 1 N–H and O–H groups in total. The minimum absolute atomic E-state index is 0.0223. The van der Waals surface area contributed by atoms with Crippen molar-refractivity contribution in [2.45, 2.75) is 58.1 Å². The van der Waals surface area contributed by atoms with E-state index in [-0.39, 0.29) is 23.4 Å². The molecule has 7 nitrogen and oxygen atoms in total. The Morgan fingerprint density at radius 2 is 1.56 bits per heavy atom. The average Bonchev–Trinajstić information content (AvgIpc) is 2.89. The topological polar surface area (TPSA) is 86.8 Å². The van der Waals surface area contributed by atoms with Gasteiger partial charge in [-0.3, -0.25) is 13.9 Å². The van der Waals surface area contributed by atoms with E-state index in [2.05, 4.69) is 5.32 Å². The summed E-state index contributed by atoms with van der Waals surface area (Å²) in [6.45, 7) is 8.42. The van der Waals surface area contributed by atoms with Crippen molar-refractivity contribution in [1.29, 1.82) is 0 Å². The molecule has 3 aromatic rings. The maximum absolute atomic E-state index is 14.0. The Bertz CT molecular complexity index is 1450. The molecule has 0 fully saturated rings. The summed E-state index contributed by atoms with van der Waals surface area (Å²) in [7, 11) is -4.13. The van der Waals surface area contributed by atoms with E-state index in [4.69, 9.17) is 23.2 Å². The summed E-state index contributed by atoms with van der Waals surface area (Å²) in [5, 5.41) is 3.50. The molecule has 2 amide bonds. The third-order valence-electron chi connectivity index (χ3n) is 6.18. The predicted molar refractivity (Wildman–Crippen MR) is 157 cm³/mol. The zero-order valence-corrected chi connectivity index (χ0v) is 24.9. The lowest BCUT2D eigenvalue weighted by atomic mass is 10.1. The molecule has 0 aliphatic rings. The molecule has 0 spiro atoms. The lowest BCUT2D eigenvalue weighted by Crippen LogP contribution is -2.52. The highest BCUT2D eigenvalue weighted by Gasteiger charge is 2.33. The number of nitrogens with zero attached hydrogens (tertiary/aromatic N) is 2. The number of hydrogen-bond donors (Lipinski definition) is 1. The van der Waals surface area contributed by atoms with Crippen LogP contribution in [0.4, 0.5) is 5.69 Å². The molecule has 0 aromatic heterocycles. The van der Waals surface area contributed by atoms with Gasteiger partial charge >= 0.3 is 0 Å². The second-order valence-electron chi connectivity index (χ2n) is 9.72. The number of amides is 2. The van der Waals surface area contributed by atoms with Crippen LogP contribution in [0.1, 0.15) is 37.5 Å². The maximum atomic E-state index is 14.0. The van der Waals surface area contributed by atoms with Crippen LogP contribution < -0.4 is 9.62 Å². The van der Waals surface area contributed by atoms with Crippen molar-refractivity contribution in [3.63, 3.8) is 0 Å². The van der Waals surface area contributed by atoms with Gasteiger partial charge in [-0.15, -0.1) is 0 Å². The number of benzene rings is 3. The Morgan fingerprint density at radius 1 is 0.897 bits per heavy atom. The van der Waals surface area contributed by atoms with Crippen molar-refractivity contribution in [3.05, 3.63) is 93.5 Å². The standard InChI is InChI=1S/C29H33Cl2N3O4S/c1-19(2)32-29(36)22(5)33(17-23-13-14-25(30)26(31)16-23)28(35)18-34(27-15-20(3)11-12-21(27)4)39(37,38)24-9-7-6-8-10-24/h6-16,19,22H,17-18H2,1-5H3,(H,32,36)/t22-/m1/s1. The van der Waals surface area contributed by atoms with E-state index in [0.29, 0.717) is 26.9 Å². The molecule has 0 aliphatic heterocycles. The smallest absolute Gasteiger partial charge is 0.264 e. The number of hydrogen-bond acceptors (Lipinski definition) is 4. The molecule has 0 saturated carbocycles. The first kappa shape index (κ1) is 30.5. The number of carbonyl (C=O) groups is 2. The van der Waals surface area contributed by atoms with E-state index in [1.54, 1.807) is 56.3 Å². The van der Waals surface area contributed by atoms with Crippen molar-refractivity contribution < 1.29 is 18.0 Å². The molecule has 0 aliphatic carbocycles. The highest BCUT2D eigenvalue weighted by molar-refractivity contribution is 7.92. The third kappa shape index (κ3) is 7.53. The van der Waals surface area contributed by atoms with Gasteiger partial charge < -0.3 is 10.2 Å². The Balaban J connectivity index is 2.07. The van der Waals surface area contributed by atoms with E-state index < -0.39 is 28.5 Å². The zero-order valence-electron chi connectivity index (χ0n) is 22.6. The van der Waals surface area contributed by atoms with Crippen LogP contribution in [-0.4, -0.2) is 43.8 Å². The van der Waals surface area contributed by atoms with Gasteiger partial charge in [-0.2, -0.15) is 0 Å². The molecule has 0 saturated heterocycles. The molecule has 0 unspecified atom stereocenters. The summed E-state index contributed by atoms with van der Waals surface area (Å²) in [5.74, 6) is -0.907. The first-order chi connectivity index (χ1) is 18.3. The van der Waals surface area contributed by atoms with Gasteiger partial charge in [-0.05, 0) is 81.6 Å². The van der Waals surface area contributed by atoms with Gasteiger partial charge in [-0.1, -0.05) is 59.6 Å². The van der Waals surface area contributed by atoms with Crippen LogP contribution in [-0.2, 0) is 26.2 Å². The van der Waals surface area contributed by atoms with E-state index in [1.807, 2.05) is 32.9 Å². The molecule has 208 valence electrons. The second-order valence-corrected chi connectivity index (χ2v) is 12.4. The molecule has 0 bridgehead atoms. The zero-order chi connectivity index (χ0) is 28.9. The Morgan fingerprint density at radius 3 is 2.18 bits per heavy atom. The number of anilines is 1. The number of carbonyl (C=O) groups excluding carboxylic acids is 2. The Hall–Kier alpha value is -3.07. The molecule has 1 atom stereocenters. The van der Waals surface area contributed by atoms with Gasteiger partial charge in [0.15, 0.2) is 0 Å². The van der Waals surface area contributed by atoms with Crippen LogP contribution >= 0.6 is 23.2 Å². The van der Waals surface area contributed by atoms with Gasteiger partial charge in [0.1, 0.15) is 12.6 Å². The third-order valence-corrected chi connectivity index (χ3v) is 8.69. The maximum Gasteiger partial charge on any atom is 0.264 e. The molecular formula is C29H33Cl2N3O4S. The van der Waals surface area contributed by atoms with Crippen molar-refractivity contribution in [3.8, 4) is 0 Å². The van der Waals surface area contributed by atoms with Crippen LogP contribution in [0.2, 0.25) is 10.0 Å². The van der Waals surface area contributed by atoms with Gasteiger partial charge in [-0.25, -0.2) is 8.42 Å². The Labute approximate surface area is 240 Å². The normalized spacial score (nSPS) is 12.2. The fourth-order valence-electron chi connectivity index (χ4n) is 4.04. The predicted octanol–water partition coefficient (Wildman–Crippen LogP) is 5.75. The number of sulfonamides is 1. The minimum atomic E-state index is -4.13. The van der Waals surface area contributed by atoms with Gasteiger partial charge in [0.05, 0.1) is 20.6 Å². The average molecular weight is 591 g/mol. The number of rotatable bonds is 10. The molecule has 0 heterocycles. The van der Waals surface area contributed by atoms with E-state index in [1.165, 1.54) is 17.0 Å². The first-order valence-corrected chi connectivity index (χ1v) is 14.7. The monoisotopic (exact) mass is 589 g/mol. The number of aryl methyl sites for hydroxylation is 2. The highest BCUT2D eigenvalue weighted by atomic mass is 35.5.